The maximum atomic E-state index is 12.9. The van der Waals surface area contributed by atoms with Gasteiger partial charge in [-0.05, 0) is 73.2 Å². The Morgan fingerprint density at radius 3 is 2.56 bits per heavy atom. The van der Waals surface area contributed by atoms with Crippen molar-refractivity contribution in [3.8, 4) is 11.8 Å². The number of likely N-dealkylation sites (N-methyl/N-ethyl adjacent to an activating group) is 1. The number of nitriles is 1. The molecule has 1 atom stereocenters. The molecule has 1 N–H and O–H groups in total. The van der Waals surface area contributed by atoms with Crippen LogP contribution in [-0.4, -0.2) is 48.9 Å². The normalized spacial score (nSPS) is 19.2. The number of nitrogens with one attached hydrogen (secondary N) is 1. The van der Waals surface area contributed by atoms with Crippen LogP contribution in [0.2, 0.25) is 0 Å². The number of fused-ring (bicyclic) bond motifs is 1. The second-order valence-electron chi connectivity index (χ2n) is 11.3. The van der Waals surface area contributed by atoms with Crippen LogP contribution in [0.3, 0.4) is 0 Å². The summed E-state index contributed by atoms with van der Waals surface area (Å²) in [4.78, 5) is 5.99. The van der Waals surface area contributed by atoms with E-state index in [4.69, 9.17) is 4.74 Å². The van der Waals surface area contributed by atoms with Gasteiger partial charge >= 0.3 is 0 Å². The SMILES string of the molecule is C=CCN(C)CC(CCC12CCC(c3ccccc31)c1ccccc12)Oc1ccc(S(=O)(=O)Nc2ncns2)cc1C#N. The first-order valence-electron chi connectivity index (χ1n) is 14.3. The summed E-state index contributed by atoms with van der Waals surface area (Å²) >= 11 is 0.936. The van der Waals surface area contributed by atoms with Crippen LogP contribution >= 0.6 is 11.5 Å². The molecular weight excluding hydrogens is 579 g/mol. The summed E-state index contributed by atoms with van der Waals surface area (Å²) in [6.07, 6.45) is 6.73. The zero-order chi connectivity index (χ0) is 30.0. The lowest BCUT2D eigenvalue weighted by molar-refractivity contribution is 0.133. The number of nitrogens with zero attached hydrogens (tertiary/aromatic N) is 4. The molecule has 7 rings (SSSR count). The molecule has 0 aliphatic heterocycles. The van der Waals surface area contributed by atoms with Crippen molar-refractivity contribution in [1.29, 1.82) is 5.26 Å². The summed E-state index contributed by atoms with van der Waals surface area (Å²) in [6.45, 7) is 5.20. The molecule has 4 aromatic rings. The van der Waals surface area contributed by atoms with Crippen molar-refractivity contribution < 1.29 is 13.2 Å². The first-order chi connectivity index (χ1) is 20.8. The fraction of sp³-hybridized carbons (Fsp3) is 0.303. The van der Waals surface area contributed by atoms with Crippen LogP contribution in [0.1, 0.15) is 59.4 Å². The summed E-state index contributed by atoms with van der Waals surface area (Å²) in [6, 6.07) is 24.2. The second kappa shape index (κ2) is 11.9. The number of benzene rings is 3. The molecule has 2 bridgehead atoms. The molecule has 3 aliphatic carbocycles. The van der Waals surface area contributed by atoms with Crippen LogP contribution in [-0.2, 0) is 15.4 Å². The quantitative estimate of drug-likeness (QED) is 0.193. The van der Waals surface area contributed by atoms with Gasteiger partial charge in [-0.15, -0.1) is 6.58 Å². The molecule has 0 saturated heterocycles. The number of ether oxygens (including phenoxy) is 1. The highest BCUT2D eigenvalue weighted by molar-refractivity contribution is 7.93. The Morgan fingerprint density at radius 1 is 1.19 bits per heavy atom. The first kappa shape index (κ1) is 29.1. The van der Waals surface area contributed by atoms with Crippen LogP contribution in [0, 0.1) is 11.3 Å². The van der Waals surface area contributed by atoms with E-state index < -0.39 is 10.0 Å². The maximum Gasteiger partial charge on any atom is 0.263 e. The van der Waals surface area contributed by atoms with Crippen molar-refractivity contribution in [3.05, 3.63) is 114 Å². The van der Waals surface area contributed by atoms with Crippen molar-refractivity contribution in [2.24, 2.45) is 0 Å². The molecule has 0 radical (unpaired) electrons. The van der Waals surface area contributed by atoms with Gasteiger partial charge in [0.15, 0.2) is 0 Å². The molecule has 43 heavy (non-hydrogen) atoms. The molecule has 1 unspecified atom stereocenters. The predicted octanol–water partition coefficient (Wildman–Crippen LogP) is 6.08. The monoisotopic (exact) mass is 611 g/mol. The Morgan fingerprint density at radius 2 is 1.91 bits per heavy atom. The molecule has 0 saturated carbocycles. The van der Waals surface area contributed by atoms with E-state index in [2.05, 4.69) is 80.2 Å². The molecule has 0 amide bonds. The van der Waals surface area contributed by atoms with Crippen LogP contribution < -0.4 is 9.46 Å². The van der Waals surface area contributed by atoms with Gasteiger partial charge in [0.1, 0.15) is 24.3 Å². The van der Waals surface area contributed by atoms with Crippen molar-refractivity contribution in [2.75, 3.05) is 24.9 Å². The fourth-order valence-electron chi connectivity index (χ4n) is 6.83. The number of anilines is 1. The lowest BCUT2D eigenvalue weighted by atomic mass is 9.54. The molecule has 8 nitrogen and oxygen atoms in total. The first-order valence-corrected chi connectivity index (χ1v) is 16.6. The van der Waals surface area contributed by atoms with Crippen LogP contribution in [0.25, 0.3) is 0 Å². The van der Waals surface area contributed by atoms with Crippen molar-refractivity contribution >= 4 is 26.7 Å². The Bertz CT molecular complexity index is 1730. The van der Waals surface area contributed by atoms with Gasteiger partial charge in [-0.25, -0.2) is 13.4 Å². The maximum absolute atomic E-state index is 12.9. The van der Waals surface area contributed by atoms with E-state index in [0.717, 1.165) is 37.2 Å². The van der Waals surface area contributed by atoms with E-state index in [1.807, 2.05) is 13.1 Å². The molecule has 3 aliphatic rings. The average molecular weight is 612 g/mol. The topological polar surface area (TPSA) is 108 Å². The second-order valence-corrected chi connectivity index (χ2v) is 13.7. The largest absolute Gasteiger partial charge is 0.488 e. The van der Waals surface area contributed by atoms with Crippen molar-refractivity contribution in [2.45, 2.75) is 48.0 Å². The smallest absolute Gasteiger partial charge is 0.263 e. The highest BCUT2D eigenvalue weighted by Crippen LogP contribution is 2.58. The lowest BCUT2D eigenvalue weighted by Crippen LogP contribution is -2.42. The number of rotatable bonds is 12. The van der Waals surface area contributed by atoms with Gasteiger partial charge in [-0.2, -0.15) is 9.64 Å². The fourth-order valence-corrected chi connectivity index (χ4v) is 8.51. The zero-order valence-corrected chi connectivity index (χ0v) is 25.6. The van der Waals surface area contributed by atoms with Gasteiger partial charge in [-0.1, -0.05) is 54.6 Å². The van der Waals surface area contributed by atoms with Crippen molar-refractivity contribution in [1.82, 2.24) is 14.3 Å². The van der Waals surface area contributed by atoms with E-state index in [0.29, 0.717) is 24.8 Å². The van der Waals surface area contributed by atoms with Gasteiger partial charge < -0.3 is 4.74 Å². The Hall–Kier alpha value is -4.04. The summed E-state index contributed by atoms with van der Waals surface area (Å²) in [5.74, 6) is 0.800. The lowest BCUT2D eigenvalue weighted by Gasteiger charge is -2.50. The van der Waals surface area contributed by atoms with E-state index >= 15 is 0 Å². The summed E-state index contributed by atoms with van der Waals surface area (Å²) in [5, 5.41) is 10.1. The average Bonchev–Trinajstić information content (AvgIpc) is 3.53. The zero-order valence-electron chi connectivity index (χ0n) is 23.9. The van der Waals surface area contributed by atoms with Crippen LogP contribution in [0.15, 0.2) is 90.6 Å². The predicted molar refractivity (Wildman–Crippen MR) is 168 cm³/mol. The molecule has 1 heterocycles. The van der Waals surface area contributed by atoms with Gasteiger partial charge in [0.2, 0.25) is 5.13 Å². The highest BCUT2D eigenvalue weighted by atomic mass is 32.2. The van der Waals surface area contributed by atoms with E-state index in [-0.39, 0.29) is 27.1 Å². The van der Waals surface area contributed by atoms with Crippen LogP contribution in [0.5, 0.6) is 5.75 Å². The molecule has 220 valence electrons. The molecule has 1 aromatic heterocycles. The summed E-state index contributed by atoms with van der Waals surface area (Å²) in [5.41, 5.74) is 5.74. The third-order valence-corrected chi connectivity index (χ3v) is 10.7. The number of hydrogen-bond acceptors (Lipinski definition) is 8. The molecular formula is C33H33N5O3S2. The molecule has 10 heteroatoms. The Balaban J connectivity index is 1.29. The van der Waals surface area contributed by atoms with Gasteiger partial charge in [0.05, 0.1) is 10.5 Å². The number of aromatic nitrogens is 2. The number of sulfonamides is 1. The summed E-state index contributed by atoms with van der Waals surface area (Å²) < 4.78 is 38.7. The van der Waals surface area contributed by atoms with Crippen molar-refractivity contribution in [3.63, 3.8) is 0 Å². The van der Waals surface area contributed by atoms with Gasteiger partial charge in [-0.3, -0.25) is 9.62 Å². The van der Waals surface area contributed by atoms with Crippen LogP contribution in [0.4, 0.5) is 5.13 Å². The molecule has 3 aromatic carbocycles. The summed E-state index contributed by atoms with van der Waals surface area (Å²) in [7, 11) is -1.92. The molecule has 0 fully saturated rings. The Kier molecular flexibility index (Phi) is 8.05. The molecule has 0 spiro atoms. The minimum absolute atomic E-state index is 0.0435. The van der Waals surface area contributed by atoms with Gasteiger partial charge in [0, 0.05) is 36.0 Å². The van der Waals surface area contributed by atoms with Gasteiger partial charge in [0.25, 0.3) is 10.0 Å². The van der Waals surface area contributed by atoms with E-state index in [1.54, 1.807) is 6.07 Å². The Labute approximate surface area is 256 Å². The third-order valence-electron chi connectivity index (χ3n) is 8.67. The minimum Gasteiger partial charge on any atom is -0.488 e. The number of hydrogen-bond donors (Lipinski definition) is 1. The van der Waals surface area contributed by atoms with E-state index in [1.165, 1.54) is 40.7 Å². The highest BCUT2D eigenvalue weighted by Gasteiger charge is 2.47. The van der Waals surface area contributed by atoms with E-state index in [9.17, 15) is 13.7 Å². The minimum atomic E-state index is -3.94. The standard InChI is InChI=1S/C33H33N5O3S2/c1-3-18-38(2)21-24(41-31-13-12-25(19-23(31)20-34)43(39,40)37-32-35-22-36-42-32)14-16-33-17-15-26(27-8-4-6-10-29(27)33)28-9-5-7-11-30(28)33/h3-13,19,22,24,26H,1,14-18,21H2,2H3,(H,35,36,37). The third kappa shape index (κ3) is 5.56.